The Morgan fingerprint density at radius 3 is 1.92 bits per heavy atom. The Hall–Kier alpha value is -2.20. The fourth-order valence-electron chi connectivity index (χ4n) is 2.69. The summed E-state index contributed by atoms with van der Waals surface area (Å²) in [6.07, 6.45) is -4.30. The van der Waals surface area contributed by atoms with E-state index in [9.17, 15) is 19.2 Å². The van der Waals surface area contributed by atoms with Gasteiger partial charge in [-0.3, -0.25) is 19.2 Å². The van der Waals surface area contributed by atoms with E-state index in [4.69, 9.17) is 23.7 Å². The molecule has 10 nitrogen and oxygen atoms in total. The van der Waals surface area contributed by atoms with Crippen molar-refractivity contribution >= 4 is 23.9 Å². The van der Waals surface area contributed by atoms with Crippen molar-refractivity contribution in [2.24, 2.45) is 5.92 Å². The molecule has 148 valence electrons. The fraction of sp³-hybridized carbons (Fsp3) is 0.750. The predicted molar refractivity (Wildman–Crippen MR) is 83.5 cm³/mol. The maximum atomic E-state index is 11.7. The summed E-state index contributed by atoms with van der Waals surface area (Å²) >= 11 is 0. The molecule has 0 saturated carbocycles. The van der Waals surface area contributed by atoms with Crippen LogP contribution in [0.25, 0.3) is 0 Å². The summed E-state index contributed by atoms with van der Waals surface area (Å²) in [5.74, 6) is -3.25. The Kier molecular flexibility index (Phi) is 8.46. The molecule has 1 fully saturated rings. The van der Waals surface area contributed by atoms with Gasteiger partial charge in [0.1, 0.15) is 18.8 Å². The maximum absolute atomic E-state index is 11.7. The van der Waals surface area contributed by atoms with Crippen LogP contribution in [0.4, 0.5) is 0 Å². The first kappa shape index (κ1) is 21.8. The standard InChI is InChI=1S/C16H24O10/c1-8(17)23-7-12-15(25-10(3)19)14(24-9(2)18)11(6-13(20)21-4)16(22-5)26-12/h11-12,14-16H,6-7H2,1-5H3/t11-,12-,14-,15-,16-/m1/s1. The summed E-state index contributed by atoms with van der Waals surface area (Å²) in [4.78, 5) is 45.9. The van der Waals surface area contributed by atoms with Gasteiger partial charge in [-0.15, -0.1) is 0 Å². The van der Waals surface area contributed by atoms with Crippen molar-refractivity contribution in [3.63, 3.8) is 0 Å². The molecule has 0 N–H and O–H groups in total. The van der Waals surface area contributed by atoms with Crippen LogP contribution < -0.4 is 0 Å². The van der Waals surface area contributed by atoms with Gasteiger partial charge in [-0.25, -0.2) is 0 Å². The van der Waals surface area contributed by atoms with Crippen molar-refractivity contribution in [1.82, 2.24) is 0 Å². The van der Waals surface area contributed by atoms with Crippen LogP contribution in [-0.2, 0) is 47.6 Å². The van der Waals surface area contributed by atoms with Crippen LogP contribution in [0.15, 0.2) is 0 Å². The molecule has 1 heterocycles. The molecule has 0 aromatic heterocycles. The Morgan fingerprint density at radius 2 is 1.46 bits per heavy atom. The van der Waals surface area contributed by atoms with Crippen molar-refractivity contribution in [2.45, 2.75) is 51.8 Å². The Labute approximate surface area is 151 Å². The average molecular weight is 376 g/mol. The van der Waals surface area contributed by atoms with Gasteiger partial charge in [0.25, 0.3) is 0 Å². The predicted octanol–water partition coefficient (Wildman–Crippen LogP) is -0.0365. The quantitative estimate of drug-likeness (QED) is 0.442. The topological polar surface area (TPSA) is 124 Å². The number of rotatable bonds is 7. The molecule has 1 aliphatic rings. The minimum Gasteiger partial charge on any atom is -0.469 e. The largest absolute Gasteiger partial charge is 0.469 e. The van der Waals surface area contributed by atoms with Crippen LogP contribution >= 0.6 is 0 Å². The third kappa shape index (κ3) is 6.26. The first-order valence-corrected chi connectivity index (χ1v) is 7.92. The molecule has 0 aromatic rings. The fourth-order valence-corrected chi connectivity index (χ4v) is 2.69. The number of ether oxygens (including phenoxy) is 6. The number of hydrogen-bond donors (Lipinski definition) is 0. The molecular weight excluding hydrogens is 352 g/mol. The minimum atomic E-state index is -1.10. The third-order valence-electron chi connectivity index (χ3n) is 3.69. The number of hydrogen-bond acceptors (Lipinski definition) is 10. The van der Waals surface area contributed by atoms with E-state index in [-0.39, 0.29) is 13.0 Å². The lowest BCUT2D eigenvalue weighted by Gasteiger charge is -2.44. The molecular formula is C16H24O10. The molecule has 0 aromatic carbocycles. The van der Waals surface area contributed by atoms with Gasteiger partial charge in [0.05, 0.1) is 19.4 Å². The Balaban J connectivity index is 3.20. The van der Waals surface area contributed by atoms with Crippen molar-refractivity contribution < 1.29 is 47.6 Å². The van der Waals surface area contributed by atoms with E-state index in [1.54, 1.807) is 0 Å². The van der Waals surface area contributed by atoms with Gasteiger partial charge in [-0.1, -0.05) is 0 Å². The molecule has 0 radical (unpaired) electrons. The lowest BCUT2D eigenvalue weighted by atomic mass is 9.88. The van der Waals surface area contributed by atoms with Crippen molar-refractivity contribution in [1.29, 1.82) is 0 Å². The third-order valence-corrected chi connectivity index (χ3v) is 3.69. The van der Waals surface area contributed by atoms with Crippen LogP contribution in [-0.4, -0.2) is 69.3 Å². The number of esters is 4. The maximum Gasteiger partial charge on any atom is 0.306 e. The highest BCUT2D eigenvalue weighted by molar-refractivity contribution is 5.70. The van der Waals surface area contributed by atoms with Crippen LogP contribution in [0, 0.1) is 5.92 Å². The summed E-state index contributed by atoms with van der Waals surface area (Å²) in [7, 11) is 2.55. The molecule has 0 amide bonds. The molecule has 1 rings (SSSR count). The number of carbonyl (C=O) groups excluding carboxylic acids is 4. The molecule has 5 atom stereocenters. The normalized spacial score (nSPS) is 28.0. The van der Waals surface area contributed by atoms with Crippen molar-refractivity contribution in [3.8, 4) is 0 Å². The molecule has 0 unspecified atom stereocenters. The van der Waals surface area contributed by atoms with Gasteiger partial charge < -0.3 is 28.4 Å². The highest BCUT2D eigenvalue weighted by atomic mass is 16.7. The monoisotopic (exact) mass is 376 g/mol. The second-order valence-corrected chi connectivity index (χ2v) is 5.67. The summed E-state index contributed by atoms with van der Waals surface area (Å²) in [6, 6.07) is 0. The molecule has 10 heteroatoms. The minimum absolute atomic E-state index is 0.203. The van der Waals surface area contributed by atoms with E-state index < -0.39 is 54.4 Å². The van der Waals surface area contributed by atoms with E-state index in [0.29, 0.717) is 0 Å². The van der Waals surface area contributed by atoms with Gasteiger partial charge >= 0.3 is 23.9 Å². The van der Waals surface area contributed by atoms with Crippen LogP contribution in [0.3, 0.4) is 0 Å². The van der Waals surface area contributed by atoms with E-state index in [2.05, 4.69) is 4.74 Å². The molecule has 26 heavy (non-hydrogen) atoms. The van der Waals surface area contributed by atoms with E-state index in [0.717, 1.165) is 0 Å². The van der Waals surface area contributed by atoms with Gasteiger partial charge in [0, 0.05) is 27.9 Å². The molecule has 1 saturated heterocycles. The van der Waals surface area contributed by atoms with Gasteiger partial charge in [-0.2, -0.15) is 0 Å². The highest BCUT2D eigenvalue weighted by Gasteiger charge is 2.51. The van der Waals surface area contributed by atoms with Crippen LogP contribution in [0.5, 0.6) is 0 Å². The van der Waals surface area contributed by atoms with Gasteiger partial charge in [0.2, 0.25) is 0 Å². The number of methoxy groups -OCH3 is 2. The van der Waals surface area contributed by atoms with Gasteiger partial charge in [0.15, 0.2) is 12.4 Å². The second-order valence-electron chi connectivity index (χ2n) is 5.67. The second kappa shape index (κ2) is 10.1. The lowest BCUT2D eigenvalue weighted by Crippen LogP contribution is -2.59. The van der Waals surface area contributed by atoms with E-state index in [1.165, 1.54) is 35.0 Å². The van der Waals surface area contributed by atoms with Crippen LogP contribution in [0.1, 0.15) is 27.2 Å². The molecule has 0 bridgehead atoms. The zero-order valence-electron chi connectivity index (χ0n) is 15.4. The smallest absolute Gasteiger partial charge is 0.306 e. The van der Waals surface area contributed by atoms with Crippen molar-refractivity contribution in [3.05, 3.63) is 0 Å². The van der Waals surface area contributed by atoms with E-state index >= 15 is 0 Å². The average Bonchev–Trinajstić information content (AvgIpc) is 2.55. The molecule has 0 aliphatic carbocycles. The molecule has 0 spiro atoms. The Morgan fingerprint density at radius 1 is 0.885 bits per heavy atom. The SMILES string of the molecule is COC(=O)C[C@H]1[C@H](OC)O[C@H](COC(C)=O)[C@@H](OC(C)=O)[C@@H]1OC(C)=O. The van der Waals surface area contributed by atoms with Crippen molar-refractivity contribution in [2.75, 3.05) is 20.8 Å². The highest BCUT2D eigenvalue weighted by Crippen LogP contribution is 2.34. The number of carbonyl (C=O) groups is 4. The van der Waals surface area contributed by atoms with Crippen LogP contribution in [0.2, 0.25) is 0 Å². The summed E-state index contributed by atoms with van der Waals surface area (Å²) in [5, 5.41) is 0. The summed E-state index contributed by atoms with van der Waals surface area (Å²) in [6.45, 7) is 3.31. The summed E-state index contributed by atoms with van der Waals surface area (Å²) in [5.41, 5.74) is 0. The summed E-state index contributed by atoms with van der Waals surface area (Å²) < 4.78 is 31.1. The Bertz CT molecular complexity index is 531. The first-order chi connectivity index (χ1) is 12.2. The zero-order chi connectivity index (χ0) is 19.9. The van der Waals surface area contributed by atoms with E-state index in [1.807, 2.05) is 0 Å². The first-order valence-electron chi connectivity index (χ1n) is 7.92. The zero-order valence-corrected chi connectivity index (χ0v) is 15.4. The van der Waals surface area contributed by atoms with Gasteiger partial charge in [-0.05, 0) is 0 Å². The lowest BCUT2D eigenvalue weighted by molar-refractivity contribution is -0.286. The molecule has 1 aliphatic heterocycles.